The molecule has 36 valence electrons. The molecule has 0 bridgehead atoms. The van der Waals surface area contributed by atoms with Crippen LogP contribution in [0, 0.1) is 0 Å². The molecule has 0 unspecified atom stereocenters. The van der Waals surface area contributed by atoms with Gasteiger partial charge in [0.1, 0.15) is 0 Å². The fourth-order valence-electron chi connectivity index (χ4n) is 0. The molecule has 6 heavy (non-hydrogen) atoms. The summed E-state index contributed by atoms with van der Waals surface area (Å²) in [7, 11) is 0. The molecule has 4 heteroatoms. The maximum atomic E-state index is 9.44. The lowest BCUT2D eigenvalue weighted by molar-refractivity contribution is -0.135. The first-order valence-corrected chi connectivity index (χ1v) is 2.03. The summed E-state index contributed by atoms with van der Waals surface area (Å²) in [5, 5.41) is 7.73. The first-order chi connectivity index (χ1) is 2.64. The SMILES string of the molecule is O=[13C](O)[13CH](Cl)Cl. The quantitative estimate of drug-likeness (QED) is 0.423. The van der Waals surface area contributed by atoms with Gasteiger partial charge >= 0.3 is 5.97 Å². The predicted octanol–water partition coefficient (Wildman–Crippen LogP) is 0.875. The van der Waals surface area contributed by atoms with Crippen molar-refractivity contribution in [1.29, 1.82) is 0 Å². The molecule has 0 aromatic heterocycles. The van der Waals surface area contributed by atoms with Crippen LogP contribution < -0.4 is 0 Å². The molecule has 0 spiro atoms. The number of carboxylic acids is 1. The largest absolute Gasteiger partial charge is 0.479 e. The van der Waals surface area contributed by atoms with Gasteiger partial charge in [-0.15, -0.1) is 0 Å². The summed E-state index contributed by atoms with van der Waals surface area (Å²) in [4.78, 5) is 8.15. The van der Waals surface area contributed by atoms with E-state index in [0.717, 1.165) is 0 Å². The number of halogens is 2. The number of alkyl halides is 2. The maximum Gasteiger partial charge on any atom is 0.337 e. The van der Waals surface area contributed by atoms with Crippen LogP contribution in [0.25, 0.3) is 0 Å². The Kier molecular flexibility index (Phi) is 2.28. The van der Waals surface area contributed by atoms with Crippen LogP contribution in [-0.4, -0.2) is 15.9 Å². The van der Waals surface area contributed by atoms with Gasteiger partial charge in [0.2, 0.25) is 4.84 Å². The van der Waals surface area contributed by atoms with E-state index in [4.69, 9.17) is 28.3 Å². The summed E-state index contributed by atoms with van der Waals surface area (Å²) in [6, 6.07) is 0. The Morgan fingerprint density at radius 1 is 1.67 bits per heavy atom. The van der Waals surface area contributed by atoms with Crippen LogP contribution in [-0.2, 0) is 4.79 Å². The molecule has 0 rings (SSSR count). The molecule has 1 N–H and O–H groups in total. The molecule has 0 aliphatic heterocycles. The lowest BCUT2D eigenvalue weighted by Gasteiger charge is -1.84. The van der Waals surface area contributed by atoms with Crippen molar-refractivity contribution < 1.29 is 9.90 Å². The van der Waals surface area contributed by atoms with Gasteiger partial charge in [0.15, 0.2) is 0 Å². The van der Waals surface area contributed by atoms with Gasteiger partial charge < -0.3 is 5.11 Å². The summed E-state index contributed by atoms with van der Waals surface area (Å²) in [6.07, 6.45) is 0. The molecule has 0 saturated carbocycles. The van der Waals surface area contributed by atoms with Gasteiger partial charge in [-0.05, 0) is 0 Å². The van der Waals surface area contributed by atoms with Gasteiger partial charge in [0.05, 0.1) is 0 Å². The highest BCUT2D eigenvalue weighted by Crippen LogP contribution is 1.98. The Hall–Kier alpha value is 0.0500. The topological polar surface area (TPSA) is 37.3 Å². The summed E-state index contributed by atoms with van der Waals surface area (Å²) in [5.74, 6) is -1.21. The Morgan fingerprint density at radius 3 is 1.83 bits per heavy atom. The van der Waals surface area contributed by atoms with Crippen molar-refractivity contribution in [2.75, 3.05) is 0 Å². The highest BCUT2D eigenvalue weighted by atomic mass is 35.5. The van der Waals surface area contributed by atoms with Crippen molar-refractivity contribution in [2.45, 2.75) is 4.84 Å². The van der Waals surface area contributed by atoms with E-state index >= 15 is 0 Å². The lowest BCUT2D eigenvalue weighted by atomic mass is 11.8. The summed E-state index contributed by atoms with van der Waals surface area (Å²) < 4.78 is 0. The zero-order chi connectivity index (χ0) is 5.15. The normalized spacial score (nSPS) is 9.17. The molecule has 0 atom stereocenters. The molecule has 0 aliphatic carbocycles. The minimum absolute atomic E-state index is 1.21. The van der Waals surface area contributed by atoms with Gasteiger partial charge in [0.25, 0.3) is 0 Å². The van der Waals surface area contributed by atoms with Gasteiger partial charge in [-0.3, -0.25) is 0 Å². The third kappa shape index (κ3) is 2.30. The van der Waals surface area contributed by atoms with Crippen LogP contribution in [0.1, 0.15) is 0 Å². The van der Waals surface area contributed by atoms with Crippen molar-refractivity contribution >= 4 is 29.2 Å². The van der Waals surface area contributed by atoms with Crippen LogP contribution in [0.3, 0.4) is 0 Å². The predicted molar refractivity (Wildman–Crippen MR) is 23.1 cm³/mol. The second kappa shape index (κ2) is 2.26. The second-order valence-corrected chi connectivity index (χ2v) is 1.74. The molecule has 0 aliphatic rings. The highest BCUT2D eigenvalue weighted by Gasteiger charge is 2.05. The number of carbonyl (C=O) groups is 1. The van der Waals surface area contributed by atoms with E-state index in [9.17, 15) is 4.79 Å². The highest BCUT2D eigenvalue weighted by molar-refractivity contribution is 6.52. The fourth-order valence-corrected chi connectivity index (χ4v) is 0. The van der Waals surface area contributed by atoms with Gasteiger partial charge in [-0.25, -0.2) is 4.79 Å². The molecule has 0 amide bonds. The first kappa shape index (κ1) is 6.05. The minimum atomic E-state index is -1.29. The fraction of sp³-hybridized carbons (Fsp3) is 0.500. The summed E-state index contributed by atoms with van der Waals surface area (Å²) in [6.45, 7) is 0. The van der Waals surface area contributed by atoms with E-state index in [1.807, 2.05) is 0 Å². The van der Waals surface area contributed by atoms with Crippen molar-refractivity contribution in [3.05, 3.63) is 0 Å². The van der Waals surface area contributed by atoms with Gasteiger partial charge in [-0.1, -0.05) is 23.2 Å². The van der Waals surface area contributed by atoms with Crippen molar-refractivity contribution in [2.24, 2.45) is 0 Å². The van der Waals surface area contributed by atoms with E-state index in [-0.39, 0.29) is 0 Å². The molecule has 0 radical (unpaired) electrons. The second-order valence-electron chi connectivity index (χ2n) is 0.639. The molecule has 0 aromatic carbocycles. The number of rotatable bonds is 1. The van der Waals surface area contributed by atoms with Crippen LogP contribution in [0.2, 0.25) is 0 Å². The Morgan fingerprint density at radius 2 is 1.83 bits per heavy atom. The van der Waals surface area contributed by atoms with Crippen LogP contribution >= 0.6 is 23.2 Å². The summed E-state index contributed by atoms with van der Waals surface area (Å²) in [5.41, 5.74) is 0. The van der Waals surface area contributed by atoms with Crippen molar-refractivity contribution in [3.8, 4) is 0 Å². The zero-order valence-corrected chi connectivity index (χ0v) is 4.20. The van der Waals surface area contributed by atoms with Crippen molar-refractivity contribution in [3.63, 3.8) is 0 Å². The molecular weight excluding hydrogens is 129 g/mol. The Bertz CT molecular complexity index is 60.6. The van der Waals surface area contributed by atoms with Crippen molar-refractivity contribution in [1.82, 2.24) is 0 Å². The zero-order valence-electron chi connectivity index (χ0n) is 2.69. The monoisotopic (exact) mass is 130 g/mol. The van der Waals surface area contributed by atoms with Gasteiger partial charge in [0, 0.05) is 0 Å². The molecule has 0 aromatic rings. The van der Waals surface area contributed by atoms with Crippen LogP contribution in [0.4, 0.5) is 0 Å². The average molecular weight is 131 g/mol. The Balaban J connectivity index is 3.26. The van der Waals surface area contributed by atoms with E-state index < -0.39 is 10.8 Å². The maximum absolute atomic E-state index is 9.44. The van der Waals surface area contributed by atoms with E-state index in [1.54, 1.807) is 0 Å². The van der Waals surface area contributed by atoms with Crippen LogP contribution in [0.15, 0.2) is 0 Å². The molecular formula is C2H2Cl2O2. The number of aliphatic carboxylic acids is 1. The van der Waals surface area contributed by atoms with E-state index in [1.165, 1.54) is 0 Å². The third-order valence-corrected chi connectivity index (χ3v) is 0.560. The van der Waals surface area contributed by atoms with E-state index in [2.05, 4.69) is 0 Å². The standard InChI is InChI=1S/C2H2Cl2O2/c3-1(4)2(5)6/h1H,(H,5,6)/i1+1,2+1. The average Bonchev–Trinajstić information content (AvgIpc) is 1.36. The number of carboxylic acid groups (broad SMARTS) is 1. The Labute approximate surface area is 44.7 Å². The summed E-state index contributed by atoms with van der Waals surface area (Å²) >= 11 is 9.56. The minimum Gasteiger partial charge on any atom is -0.479 e. The van der Waals surface area contributed by atoms with Crippen LogP contribution in [0.5, 0.6) is 0 Å². The number of hydrogen-bond acceptors (Lipinski definition) is 1. The lowest BCUT2D eigenvalue weighted by Crippen LogP contribution is -2.03. The first-order valence-electron chi connectivity index (χ1n) is 1.15. The number of hydrogen-bond donors (Lipinski definition) is 1. The smallest absolute Gasteiger partial charge is 0.337 e. The van der Waals surface area contributed by atoms with E-state index in [0.29, 0.717) is 0 Å². The molecule has 0 fully saturated rings. The third-order valence-electron chi connectivity index (χ3n) is 0.187. The molecule has 0 saturated heterocycles. The molecule has 0 heterocycles. The van der Waals surface area contributed by atoms with Gasteiger partial charge in [-0.2, -0.15) is 0 Å². The molecule has 2 nitrogen and oxygen atoms in total.